The molecule has 0 fully saturated rings. The average Bonchev–Trinajstić information content (AvgIpc) is 3.12. The average molecular weight is 460 g/mol. The fraction of sp³-hybridized carbons (Fsp3) is 0.200. The highest BCUT2D eigenvalue weighted by Crippen LogP contribution is 2.30. The third-order valence-electron chi connectivity index (χ3n) is 5.55. The van der Waals surface area contributed by atoms with Gasteiger partial charge in [0.25, 0.3) is 11.8 Å². The van der Waals surface area contributed by atoms with Gasteiger partial charge in [0.05, 0.1) is 23.5 Å². The Morgan fingerprint density at radius 2 is 1.76 bits per heavy atom. The van der Waals surface area contributed by atoms with Gasteiger partial charge in [0, 0.05) is 16.9 Å². The maximum Gasteiger partial charge on any atom is 0.340 e. The molecule has 9 nitrogen and oxygen atoms in total. The van der Waals surface area contributed by atoms with Crippen LogP contribution in [0, 0.1) is 13.8 Å². The molecule has 1 aliphatic heterocycles. The van der Waals surface area contributed by atoms with Crippen molar-refractivity contribution in [3.8, 4) is 0 Å². The number of hydrogen-bond donors (Lipinski definition) is 3. The number of amides is 3. The molecule has 9 heteroatoms. The largest absolute Gasteiger partial charge is 0.462 e. The number of hydrogen-bond acceptors (Lipinski definition) is 5. The molecule has 2 aromatic carbocycles. The van der Waals surface area contributed by atoms with Crippen LogP contribution in [0.4, 0.5) is 17.1 Å². The molecule has 174 valence electrons. The number of para-hydroxylation sites is 2. The molecule has 3 aromatic rings. The van der Waals surface area contributed by atoms with Crippen LogP contribution < -0.4 is 15.5 Å². The van der Waals surface area contributed by atoms with Crippen LogP contribution in [0.5, 0.6) is 0 Å². The Morgan fingerprint density at radius 1 is 1.06 bits per heavy atom. The summed E-state index contributed by atoms with van der Waals surface area (Å²) in [5.41, 5.74) is 3.71. The van der Waals surface area contributed by atoms with Crippen molar-refractivity contribution in [2.75, 3.05) is 28.7 Å². The molecule has 3 N–H and O–H groups in total. The van der Waals surface area contributed by atoms with Gasteiger partial charge in [0.1, 0.15) is 12.2 Å². The topological polar surface area (TPSA) is 121 Å². The number of carbonyl (C=O) groups excluding carboxylic acids is 4. The van der Waals surface area contributed by atoms with Crippen LogP contribution in [0.15, 0.2) is 48.5 Å². The zero-order valence-electron chi connectivity index (χ0n) is 19.0. The summed E-state index contributed by atoms with van der Waals surface area (Å²) >= 11 is 0. The number of carbonyl (C=O) groups is 4. The summed E-state index contributed by atoms with van der Waals surface area (Å²) in [5, 5.41) is 5.52. The minimum atomic E-state index is -0.483. The number of rotatable bonds is 5. The van der Waals surface area contributed by atoms with E-state index in [0.717, 1.165) is 0 Å². The van der Waals surface area contributed by atoms with Gasteiger partial charge >= 0.3 is 5.97 Å². The van der Waals surface area contributed by atoms with Gasteiger partial charge in [-0.05, 0) is 62.7 Å². The second-order valence-corrected chi connectivity index (χ2v) is 7.83. The van der Waals surface area contributed by atoms with Crippen LogP contribution in [-0.4, -0.2) is 41.8 Å². The number of nitrogens with zero attached hydrogens (tertiary/aromatic N) is 1. The van der Waals surface area contributed by atoms with Gasteiger partial charge in [-0.1, -0.05) is 12.1 Å². The summed E-state index contributed by atoms with van der Waals surface area (Å²) in [6, 6.07) is 13.5. The van der Waals surface area contributed by atoms with Crippen LogP contribution in [0.2, 0.25) is 0 Å². The number of ether oxygens (including phenoxy) is 1. The van der Waals surface area contributed by atoms with Crippen molar-refractivity contribution in [3.63, 3.8) is 0 Å². The molecular formula is C25H24N4O5. The van der Waals surface area contributed by atoms with E-state index in [-0.39, 0.29) is 30.7 Å². The fourth-order valence-electron chi connectivity index (χ4n) is 3.95. The monoisotopic (exact) mass is 460 g/mol. The molecule has 0 saturated carbocycles. The van der Waals surface area contributed by atoms with E-state index in [0.29, 0.717) is 39.4 Å². The highest BCUT2D eigenvalue weighted by atomic mass is 16.5. The number of nitrogens with one attached hydrogen (secondary N) is 3. The van der Waals surface area contributed by atoms with Crippen LogP contribution in [0.25, 0.3) is 0 Å². The smallest absolute Gasteiger partial charge is 0.340 e. The second-order valence-electron chi connectivity index (χ2n) is 7.83. The molecule has 0 atom stereocenters. The van der Waals surface area contributed by atoms with E-state index in [1.54, 1.807) is 69.3 Å². The predicted molar refractivity (Wildman–Crippen MR) is 127 cm³/mol. The number of aryl methyl sites for hydroxylation is 1. The van der Waals surface area contributed by atoms with Gasteiger partial charge in [0.15, 0.2) is 0 Å². The van der Waals surface area contributed by atoms with Crippen molar-refractivity contribution in [1.82, 2.24) is 4.98 Å². The van der Waals surface area contributed by atoms with E-state index < -0.39 is 11.9 Å². The normalized spacial score (nSPS) is 12.6. The van der Waals surface area contributed by atoms with Crippen LogP contribution >= 0.6 is 0 Å². The van der Waals surface area contributed by atoms with Gasteiger partial charge in [-0.15, -0.1) is 0 Å². The number of H-pyrrole nitrogens is 1. The van der Waals surface area contributed by atoms with Gasteiger partial charge in [-0.25, -0.2) is 4.79 Å². The SMILES string of the molecule is CCOC(=O)c1c(C)[nH]c(C(=O)Nc2ccc(C(=O)N3CC(=O)Nc4ccccc43)cc2)c1C. The number of aromatic amines is 1. The molecule has 1 aliphatic rings. The van der Waals surface area contributed by atoms with Gasteiger partial charge in [-0.3, -0.25) is 19.3 Å². The lowest BCUT2D eigenvalue weighted by atomic mass is 10.1. The van der Waals surface area contributed by atoms with Crippen molar-refractivity contribution in [2.45, 2.75) is 20.8 Å². The molecule has 0 spiro atoms. The van der Waals surface area contributed by atoms with E-state index in [2.05, 4.69) is 15.6 Å². The van der Waals surface area contributed by atoms with Crippen molar-refractivity contribution in [2.24, 2.45) is 0 Å². The summed E-state index contributed by atoms with van der Waals surface area (Å²) < 4.78 is 5.06. The Kier molecular flexibility index (Phi) is 6.18. The first kappa shape index (κ1) is 22.8. The maximum absolute atomic E-state index is 13.1. The van der Waals surface area contributed by atoms with Crippen molar-refractivity contribution < 1.29 is 23.9 Å². The molecule has 0 aliphatic carbocycles. The number of fused-ring (bicyclic) bond motifs is 1. The summed E-state index contributed by atoms with van der Waals surface area (Å²) in [5.74, 6) is -1.50. The van der Waals surface area contributed by atoms with Crippen LogP contribution in [-0.2, 0) is 9.53 Å². The molecule has 0 radical (unpaired) electrons. The lowest BCUT2D eigenvalue weighted by Crippen LogP contribution is -2.42. The number of esters is 1. The predicted octanol–water partition coefficient (Wildman–Crippen LogP) is 3.66. The van der Waals surface area contributed by atoms with Gasteiger partial charge < -0.3 is 20.4 Å². The molecule has 1 aromatic heterocycles. The minimum Gasteiger partial charge on any atom is -0.462 e. The van der Waals surface area contributed by atoms with E-state index in [9.17, 15) is 19.2 Å². The second kappa shape index (κ2) is 9.22. The van der Waals surface area contributed by atoms with Crippen molar-refractivity contribution in [3.05, 3.63) is 76.6 Å². The highest BCUT2D eigenvalue weighted by Gasteiger charge is 2.27. The van der Waals surface area contributed by atoms with E-state index in [4.69, 9.17) is 4.74 Å². The summed E-state index contributed by atoms with van der Waals surface area (Å²) in [6.45, 7) is 5.26. The molecule has 0 saturated heterocycles. The first-order chi connectivity index (χ1) is 16.3. The standard InChI is InChI=1S/C25H24N4O5/c1-4-34-25(33)21-14(2)22(26-15(21)3)23(31)27-17-11-9-16(10-12-17)24(32)29-13-20(30)28-18-7-5-6-8-19(18)29/h5-12,26H,4,13H2,1-3H3,(H,27,31)(H,28,30). The zero-order chi connectivity index (χ0) is 24.4. The fourth-order valence-corrected chi connectivity index (χ4v) is 3.95. The Labute approximate surface area is 196 Å². The molecule has 0 bridgehead atoms. The molecular weight excluding hydrogens is 436 g/mol. The molecule has 0 unspecified atom stereocenters. The van der Waals surface area contributed by atoms with Crippen molar-refractivity contribution >= 4 is 40.8 Å². The van der Waals surface area contributed by atoms with Gasteiger partial charge in [-0.2, -0.15) is 0 Å². The number of benzene rings is 2. The highest BCUT2D eigenvalue weighted by molar-refractivity contribution is 6.15. The Balaban J connectivity index is 1.50. The summed E-state index contributed by atoms with van der Waals surface area (Å²) in [4.78, 5) is 54.5. The summed E-state index contributed by atoms with van der Waals surface area (Å²) in [7, 11) is 0. The summed E-state index contributed by atoms with van der Waals surface area (Å²) in [6.07, 6.45) is 0. The van der Waals surface area contributed by atoms with Crippen LogP contribution in [0.1, 0.15) is 49.4 Å². The Bertz CT molecular complexity index is 1290. The molecule has 34 heavy (non-hydrogen) atoms. The zero-order valence-corrected chi connectivity index (χ0v) is 19.0. The number of aromatic nitrogens is 1. The molecule has 3 amide bonds. The van der Waals surface area contributed by atoms with E-state index in [1.165, 1.54) is 4.90 Å². The number of anilines is 3. The quantitative estimate of drug-likeness (QED) is 0.502. The third kappa shape index (κ3) is 4.27. The Hall–Kier alpha value is -4.40. The lowest BCUT2D eigenvalue weighted by Gasteiger charge is -2.29. The van der Waals surface area contributed by atoms with Crippen molar-refractivity contribution in [1.29, 1.82) is 0 Å². The van der Waals surface area contributed by atoms with E-state index in [1.807, 2.05) is 0 Å². The van der Waals surface area contributed by atoms with Crippen LogP contribution in [0.3, 0.4) is 0 Å². The molecule has 2 heterocycles. The molecule has 4 rings (SSSR count). The lowest BCUT2D eigenvalue weighted by molar-refractivity contribution is -0.115. The maximum atomic E-state index is 13.1. The Morgan fingerprint density at radius 3 is 2.47 bits per heavy atom. The third-order valence-corrected chi connectivity index (χ3v) is 5.55. The first-order valence-corrected chi connectivity index (χ1v) is 10.8. The van der Waals surface area contributed by atoms with E-state index >= 15 is 0 Å². The van der Waals surface area contributed by atoms with Gasteiger partial charge in [0.2, 0.25) is 5.91 Å². The first-order valence-electron chi connectivity index (χ1n) is 10.8. The minimum absolute atomic E-state index is 0.0808.